The molecule has 1 aromatic rings. The molecule has 0 aromatic carbocycles. The third kappa shape index (κ3) is 2.52. The average Bonchev–Trinajstić information content (AvgIpc) is 2.70. The summed E-state index contributed by atoms with van der Waals surface area (Å²) in [6.07, 6.45) is 5.68. The standard InChI is InChI=1S/C11H13FN2O/c12-10-7-8(5-6-13-10)11(15)14-9-3-1-2-4-9/h5-7,9H,1-4H2,(H,14,15). The fraction of sp³-hybridized carbons (Fsp3) is 0.455. The zero-order valence-electron chi connectivity index (χ0n) is 8.37. The van der Waals surface area contributed by atoms with Crippen LogP contribution in [-0.2, 0) is 0 Å². The summed E-state index contributed by atoms with van der Waals surface area (Å²) in [5.41, 5.74) is 0.342. The summed E-state index contributed by atoms with van der Waals surface area (Å²) in [7, 11) is 0. The van der Waals surface area contributed by atoms with E-state index >= 15 is 0 Å². The highest BCUT2D eigenvalue weighted by molar-refractivity contribution is 5.94. The highest BCUT2D eigenvalue weighted by Crippen LogP contribution is 2.18. The van der Waals surface area contributed by atoms with Gasteiger partial charge in [0.05, 0.1) is 0 Å². The minimum atomic E-state index is -0.617. The summed E-state index contributed by atoms with van der Waals surface area (Å²) < 4.78 is 12.7. The molecular formula is C11H13FN2O. The number of nitrogens with zero attached hydrogens (tertiary/aromatic N) is 1. The van der Waals surface area contributed by atoms with Gasteiger partial charge in [-0.1, -0.05) is 12.8 Å². The van der Waals surface area contributed by atoms with Crippen molar-refractivity contribution in [1.82, 2.24) is 10.3 Å². The van der Waals surface area contributed by atoms with Gasteiger partial charge in [-0.3, -0.25) is 4.79 Å². The van der Waals surface area contributed by atoms with Gasteiger partial charge in [0.2, 0.25) is 5.95 Å². The van der Waals surface area contributed by atoms with Gasteiger partial charge in [-0.15, -0.1) is 0 Å². The van der Waals surface area contributed by atoms with Crippen LogP contribution in [0.3, 0.4) is 0 Å². The first-order valence-corrected chi connectivity index (χ1v) is 5.18. The Kier molecular flexibility index (Phi) is 2.94. The summed E-state index contributed by atoms with van der Waals surface area (Å²) in [6, 6.07) is 2.94. The first-order chi connectivity index (χ1) is 7.25. The molecule has 0 atom stereocenters. The van der Waals surface area contributed by atoms with E-state index in [-0.39, 0.29) is 11.9 Å². The Labute approximate surface area is 87.7 Å². The maximum absolute atomic E-state index is 12.7. The zero-order chi connectivity index (χ0) is 10.7. The molecule has 3 nitrogen and oxygen atoms in total. The van der Waals surface area contributed by atoms with Crippen molar-refractivity contribution in [2.45, 2.75) is 31.7 Å². The Morgan fingerprint density at radius 2 is 2.20 bits per heavy atom. The van der Waals surface area contributed by atoms with E-state index in [2.05, 4.69) is 10.3 Å². The zero-order valence-corrected chi connectivity index (χ0v) is 8.37. The molecule has 1 aromatic heterocycles. The highest BCUT2D eigenvalue weighted by Gasteiger charge is 2.17. The first kappa shape index (κ1) is 10.1. The van der Waals surface area contributed by atoms with Gasteiger partial charge < -0.3 is 5.32 Å². The predicted octanol–water partition coefficient (Wildman–Crippen LogP) is 1.89. The molecule has 15 heavy (non-hydrogen) atoms. The molecule has 1 amide bonds. The van der Waals surface area contributed by atoms with Crippen molar-refractivity contribution in [2.24, 2.45) is 0 Å². The summed E-state index contributed by atoms with van der Waals surface area (Å²) in [5.74, 6) is -0.822. The van der Waals surface area contributed by atoms with Gasteiger partial charge in [0.25, 0.3) is 5.91 Å². The molecule has 1 aliphatic carbocycles. The molecule has 80 valence electrons. The number of amides is 1. The number of halogens is 1. The molecule has 1 fully saturated rings. The van der Waals surface area contributed by atoms with Crippen molar-refractivity contribution < 1.29 is 9.18 Å². The Hall–Kier alpha value is -1.45. The molecule has 1 heterocycles. The average molecular weight is 208 g/mol. The van der Waals surface area contributed by atoms with Gasteiger partial charge in [0.15, 0.2) is 0 Å². The second-order valence-electron chi connectivity index (χ2n) is 3.82. The van der Waals surface area contributed by atoms with Gasteiger partial charge in [0, 0.05) is 23.9 Å². The Morgan fingerprint density at radius 3 is 2.87 bits per heavy atom. The molecule has 4 heteroatoms. The van der Waals surface area contributed by atoms with Crippen LogP contribution >= 0.6 is 0 Å². The first-order valence-electron chi connectivity index (χ1n) is 5.18. The monoisotopic (exact) mass is 208 g/mol. The Balaban J connectivity index is 2.01. The molecule has 1 N–H and O–H groups in total. The summed E-state index contributed by atoms with van der Waals surface area (Å²) in [4.78, 5) is 15.1. The van der Waals surface area contributed by atoms with Crippen molar-refractivity contribution in [2.75, 3.05) is 0 Å². The lowest BCUT2D eigenvalue weighted by atomic mass is 10.2. The predicted molar refractivity (Wildman–Crippen MR) is 53.9 cm³/mol. The van der Waals surface area contributed by atoms with Crippen molar-refractivity contribution >= 4 is 5.91 Å². The number of aromatic nitrogens is 1. The van der Waals surface area contributed by atoms with Crippen LogP contribution in [0.25, 0.3) is 0 Å². The largest absolute Gasteiger partial charge is 0.349 e. The van der Waals surface area contributed by atoms with Crippen LogP contribution in [0.1, 0.15) is 36.0 Å². The third-order valence-corrected chi connectivity index (χ3v) is 2.68. The number of carbonyl (C=O) groups excluding carboxylic acids is 1. The molecule has 0 bridgehead atoms. The highest BCUT2D eigenvalue weighted by atomic mass is 19.1. The van der Waals surface area contributed by atoms with Crippen LogP contribution in [0, 0.1) is 5.95 Å². The van der Waals surface area contributed by atoms with Crippen LogP contribution in [0.5, 0.6) is 0 Å². The second-order valence-corrected chi connectivity index (χ2v) is 3.82. The van der Waals surface area contributed by atoms with E-state index in [1.165, 1.54) is 12.3 Å². The molecule has 0 saturated heterocycles. The molecule has 0 aliphatic heterocycles. The van der Waals surface area contributed by atoms with E-state index in [4.69, 9.17) is 0 Å². The molecule has 1 aliphatic rings. The Bertz CT molecular complexity index is 361. The number of nitrogens with one attached hydrogen (secondary N) is 1. The van der Waals surface area contributed by atoms with Crippen LogP contribution in [-0.4, -0.2) is 16.9 Å². The van der Waals surface area contributed by atoms with Crippen LogP contribution < -0.4 is 5.32 Å². The van der Waals surface area contributed by atoms with E-state index in [1.807, 2.05) is 0 Å². The number of hydrogen-bond donors (Lipinski definition) is 1. The number of pyridine rings is 1. The van der Waals surface area contributed by atoms with Gasteiger partial charge in [0.1, 0.15) is 0 Å². The van der Waals surface area contributed by atoms with Crippen molar-refractivity contribution in [1.29, 1.82) is 0 Å². The lowest BCUT2D eigenvalue weighted by molar-refractivity contribution is 0.0937. The van der Waals surface area contributed by atoms with Crippen molar-refractivity contribution in [3.8, 4) is 0 Å². The second kappa shape index (κ2) is 4.38. The Morgan fingerprint density at radius 1 is 1.47 bits per heavy atom. The van der Waals surface area contributed by atoms with Gasteiger partial charge in [-0.05, 0) is 18.9 Å². The molecule has 1 saturated carbocycles. The molecule has 0 radical (unpaired) electrons. The van der Waals surface area contributed by atoms with Gasteiger partial charge >= 0.3 is 0 Å². The van der Waals surface area contributed by atoms with Gasteiger partial charge in [-0.25, -0.2) is 4.98 Å². The lowest BCUT2D eigenvalue weighted by Crippen LogP contribution is -2.32. The van der Waals surface area contributed by atoms with E-state index in [0.29, 0.717) is 5.56 Å². The topological polar surface area (TPSA) is 42.0 Å². The SMILES string of the molecule is O=C(NC1CCCC1)c1ccnc(F)c1. The minimum absolute atomic E-state index is 0.205. The summed E-state index contributed by atoms with van der Waals surface area (Å²) >= 11 is 0. The number of carbonyl (C=O) groups is 1. The van der Waals surface area contributed by atoms with E-state index in [9.17, 15) is 9.18 Å². The summed E-state index contributed by atoms with van der Waals surface area (Å²) in [5, 5.41) is 2.89. The maximum Gasteiger partial charge on any atom is 0.251 e. The smallest absolute Gasteiger partial charge is 0.251 e. The van der Waals surface area contributed by atoms with Crippen molar-refractivity contribution in [3.63, 3.8) is 0 Å². The minimum Gasteiger partial charge on any atom is -0.349 e. The maximum atomic E-state index is 12.7. The van der Waals surface area contributed by atoms with E-state index in [1.54, 1.807) is 0 Å². The molecule has 0 spiro atoms. The normalized spacial score (nSPS) is 16.6. The lowest BCUT2D eigenvalue weighted by Gasteiger charge is -2.11. The fourth-order valence-electron chi connectivity index (χ4n) is 1.88. The molecule has 2 rings (SSSR count). The number of rotatable bonds is 2. The van der Waals surface area contributed by atoms with Crippen LogP contribution in [0.15, 0.2) is 18.3 Å². The number of hydrogen-bond acceptors (Lipinski definition) is 2. The van der Waals surface area contributed by atoms with E-state index < -0.39 is 5.95 Å². The van der Waals surface area contributed by atoms with Gasteiger partial charge in [-0.2, -0.15) is 4.39 Å². The fourth-order valence-corrected chi connectivity index (χ4v) is 1.88. The van der Waals surface area contributed by atoms with Crippen molar-refractivity contribution in [3.05, 3.63) is 29.8 Å². The molecular weight excluding hydrogens is 195 g/mol. The van der Waals surface area contributed by atoms with E-state index in [0.717, 1.165) is 31.7 Å². The van der Waals surface area contributed by atoms with Crippen LogP contribution in [0.2, 0.25) is 0 Å². The third-order valence-electron chi connectivity index (χ3n) is 2.68. The molecule has 0 unspecified atom stereocenters. The van der Waals surface area contributed by atoms with Crippen LogP contribution in [0.4, 0.5) is 4.39 Å². The summed E-state index contributed by atoms with van der Waals surface area (Å²) in [6.45, 7) is 0. The quantitative estimate of drug-likeness (QED) is 0.754.